The summed E-state index contributed by atoms with van der Waals surface area (Å²) >= 11 is 0. The predicted molar refractivity (Wildman–Crippen MR) is 83.0 cm³/mol. The highest BCUT2D eigenvalue weighted by molar-refractivity contribution is 5.58. The molecule has 0 saturated heterocycles. The van der Waals surface area contributed by atoms with Gasteiger partial charge in [-0.25, -0.2) is 4.98 Å². The fraction of sp³-hybridized carbons (Fsp3) is 0.0556. The molecular formula is C18H13N3O. The first-order valence-electron chi connectivity index (χ1n) is 6.85. The molecule has 0 fully saturated rings. The molecule has 3 aromatic rings. The van der Waals surface area contributed by atoms with Crippen LogP contribution in [0.2, 0.25) is 0 Å². The smallest absolute Gasteiger partial charge is 0.317 e. The second kappa shape index (κ2) is 6.51. The Balaban J connectivity index is 1.75. The van der Waals surface area contributed by atoms with Gasteiger partial charge >= 0.3 is 6.01 Å². The highest BCUT2D eigenvalue weighted by atomic mass is 16.5. The van der Waals surface area contributed by atoms with Crippen molar-refractivity contribution in [2.75, 3.05) is 0 Å². The third kappa shape index (κ3) is 3.28. The molecule has 0 aliphatic rings. The van der Waals surface area contributed by atoms with E-state index in [1.54, 1.807) is 18.3 Å². The molecule has 0 amide bonds. The van der Waals surface area contributed by atoms with Crippen molar-refractivity contribution < 1.29 is 4.74 Å². The molecule has 0 unspecified atom stereocenters. The maximum absolute atomic E-state index is 8.89. The minimum atomic E-state index is 0.323. The number of rotatable bonds is 4. The van der Waals surface area contributed by atoms with E-state index < -0.39 is 0 Å². The van der Waals surface area contributed by atoms with Crippen molar-refractivity contribution >= 4 is 0 Å². The standard InChI is InChI=1S/C18H13N3O/c19-12-14-5-4-6-15(11-14)13-22-18-20-10-9-17(21-18)16-7-2-1-3-8-16/h1-11H,13H2. The van der Waals surface area contributed by atoms with Gasteiger partial charge in [0.1, 0.15) is 6.61 Å². The van der Waals surface area contributed by atoms with E-state index in [1.807, 2.05) is 48.5 Å². The third-order valence-corrected chi connectivity index (χ3v) is 3.13. The summed E-state index contributed by atoms with van der Waals surface area (Å²) in [6, 6.07) is 21.4. The van der Waals surface area contributed by atoms with E-state index in [1.165, 1.54) is 0 Å². The van der Waals surface area contributed by atoms with E-state index in [2.05, 4.69) is 16.0 Å². The van der Waals surface area contributed by atoms with Crippen LogP contribution in [0.4, 0.5) is 0 Å². The fourth-order valence-corrected chi connectivity index (χ4v) is 2.06. The highest BCUT2D eigenvalue weighted by Crippen LogP contribution is 2.18. The van der Waals surface area contributed by atoms with Crippen molar-refractivity contribution in [1.29, 1.82) is 5.26 Å². The normalized spacial score (nSPS) is 9.95. The number of aromatic nitrogens is 2. The number of nitrogens with zero attached hydrogens (tertiary/aromatic N) is 3. The van der Waals surface area contributed by atoms with Crippen LogP contribution < -0.4 is 4.74 Å². The molecule has 2 aromatic carbocycles. The molecule has 106 valence electrons. The van der Waals surface area contributed by atoms with E-state index in [4.69, 9.17) is 10.00 Å². The van der Waals surface area contributed by atoms with E-state index in [-0.39, 0.29) is 0 Å². The van der Waals surface area contributed by atoms with Gasteiger partial charge in [0.05, 0.1) is 17.3 Å². The van der Waals surface area contributed by atoms with Gasteiger partial charge in [-0.15, -0.1) is 0 Å². The van der Waals surface area contributed by atoms with Crippen LogP contribution in [0.15, 0.2) is 66.9 Å². The minimum Gasteiger partial charge on any atom is -0.459 e. The van der Waals surface area contributed by atoms with Crippen molar-refractivity contribution in [2.24, 2.45) is 0 Å². The second-order valence-electron chi connectivity index (χ2n) is 4.69. The zero-order valence-corrected chi connectivity index (χ0v) is 11.8. The van der Waals surface area contributed by atoms with Gasteiger partial charge in [0.2, 0.25) is 0 Å². The van der Waals surface area contributed by atoms with Crippen LogP contribution >= 0.6 is 0 Å². The summed E-state index contributed by atoms with van der Waals surface area (Å²) < 4.78 is 5.62. The topological polar surface area (TPSA) is 58.8 Å². The van der Waals surface area contributed by atoms with E-state index in [9.17, 15) is 0 Å². The van der Waals surface area contributed by atoms with Crippen LogP contribution in [0.5, 0.6) is 6.01 Å². The Morgan fingerprint density at radius 2 is 1.86 bits per heavy atom. The van der Waals surface area contributed by atoms with Gasteiger partial charge in [-0.2, -0.15) is 10.2 Å². The van der Waals surface area contributed by atoms with Gasteiger partial charge in [-0.1, -0.05) is 42.5 Å². The fourth-order valence-electron chi connectivity index (χ4n) is 2.06. The Morgan fingerprint density at radius 1 is 1.00 bits per heavy atom. The maximum atomic E-state index is 8.89. The molecule has 0 N–H and O–H groups in total. The van der Waals surface area contributed by atoms with Crippen LogP contribution in [0.1, 0.15) is 11.1 Å². The molecule has 0 radical (unpaired) electrons. The molecule has 1 aromatic heterocycles. The van der Waals surface area contributed by atoms with Crippen LogP contribution in [0.25, 0.3) is 11.3 Å². The van der Waals surface area contributed by atoms with Gasteiger partial charge in [0, 0.05) is 11.8 Å². The number of benzene rings is 2. The molecule has 0 aliphatic carbocycles. The van der Waals surface area contributed by atoms with Crippen LogP contribution in [0, 0.1) is 11.3 Å². The Morgan fingerprint density at radius 3 is 2.68 bits per heavy atom. The Labute approximate surface area is 128 Å². The van der Waals surface area contributed by atoms with Crippen LogP contribution in [-0.2, 0) is 6.61 Å². The number of hydrogen-bond donors (Lipinski definition) is 0. The first-order valence-corrected chi connectivity index (χ1v) is 6.85. The summed E-state index contributed by atoms with van der Waals surface area (Å²) in [5, 5.41) is 8.89. The lowest BCUT2D eigenvalue weighted by Gasteiger charge is -2.06. The number of nitriles is 1. The van der Waals surface area contributed by atoms with Crippen molar-refractivity contribution in [3.63, 3.8) is 0 Å². The van der Waals surface area contributed by atoms with E-state index in [0.29, 0.717) is 18.2 Å². The summed E-state index contributed by atoms with van der Waals surface area (Å²) in [5.41, 5.74) is 3.35. The molecule has 0 aliphatic heterocycles. The Kier molecular flexibility index (Phi) is 4.08. The molecule has 22 heavy (non-hydrogen) atoms. The second-order valence-corrected chi connectivity index (χ2v) is 4.69. The Bertz CT molecular complexity index is 810. The van der Waals surface area contributed by atoms with Crippen LogP contribution in [0.3, 0.4) is 0 Å². The molecular weight excluding hydrogens is 274 g/mol. The first-order chi connectivity index (χ1) is 10.8. The van der Waals surface area contributed by atoms with Crippen molar-refractivity contribution in [1.82, 2.24) is 9.97 Å². The average Bonchev–Trinajstić information content (AvgIpc) is 2.61. The minimum absolute atomic E-state index is 0.323. The summed E-state index contributed by atoms with van der Waals surface area (Å²) in [6.45, 7) is 0.327. The largest absolute Gasteiger partial charge is 0.459 e. The predicted octanol–water partition coefficient (Wildman–Crippen LogP) is 3.59. The summed E-state index contributed by atoms with van der Waals surface area (Å²) in [6.07, 6.45) is 1.68. The molecule has 3 rings (SSSR count). The molecule has 4 heteroatoms. The quantitative estimate of drug-likeness (QED) is 0.735. The lowest BCUT2D eigenvalue weighted by atomic mass is 10.1. The average molecular weight is 287 g/mol. The van der Waals surface area contributed by atoms with E-state index >= 15 is 0 Å². The van der Waals surface area contributed by atoms with Crippen LogP contribution in [-0.4, -0.2) is 9.97 Å². The maximum Gasteiger partial charge on any atom is 0.317 e. The lowest BCUT2D eigenvalue weighted by Crippen LogP contribution is -2.00. The summed E-state index contributed by atoms with van der Waals surface area (Å²) in [7, 11) is 0. The van der Waals surface area contributed by atoms with Gasteiger partial charge in [-0.05, 0) is 23.8 Å². The van der Waals surface area contributed by atoms with Gasteiger partial charge in [0.15, 0.2) is 0 Å². The van der Waals surface area contributed by atoms with Crippen molar-refractivity contribution in [2.45, 2.75) is 6.61 Å². The van der Waals surface area contributed by atoms with Gasteiger partial charge in [-0.3, -0.25) is 0 Å². The zero-order chi connectivity index (χ0) is 15.2. The third-order valence-electron chi connectivity index (χ3n) is 3.13. The van der Waals surface area contributed by atoms with Gasteiger partial charge in [0.25, 0.3) is 0 Å². The molecule has 0 spiro atoms. The summed E-state index contributed by atoms with van der Waals surface area (Å²) in [4.78, 5) is 8.53. The molecule has 4 nitrogen and oxygen atoms in total. The highest BCUT2D eigenvalue weighted by Gasteiger charge is 2.03. The Hall–Kier alpha value is -3.19. The molecule has 0 atom stereocenters. The number of ether oxygens (including phenoxy) is 1. The number of hydrogen-bond acceptors (Lipinski definition) is 4. The molecule has 0 bridgehead atoms. The van der Waals surface area contributed by atoms with Gasteiger partial charge < -0.3 is 4.74 Å². The van der Waals surface area contributed by atoms with E-state index in [0.717, 1.165) is 16.8 Å². The van der Waals surface area contributed by atoms with Crippen molar-refractivity contribution in [3.05, 3.63) is 78.0 Å². The molecule has 0 saturated carbocycles. The van der Waals surface area contributed by atoms with Crippen molar-refractivity contribution in [3.8, 4) is 23.3 Å². The lowest BCUT2D eigenvalue weighted by molar-refractivity contribution is 0.281. The SMILES string of the molecule is N#Cc1cccc(COc2nccc(-c3ccccc3)n2)c1. The monoisotopic (exact) mass is 287 g/mol. The zero-order valence-electron chi connectivity index (χ0n) is 11.8. The summed E-state index contributed by atoms with van der Waals surface area (Å²) in [5.74, 6) is 0. The first kappa shape index (κ1) is 13.8. The molecule has 1 heterocycles.